The third-order valence-electron chi connectivity index (χ3n) is 2.34. The molecule has 1 N–H and O–H groups in total. The van der Waals surface area contributed by atoms with Crippen LogP contribution in [-0.4, -0.2) is 24.5 Å². The molecule has 0 unspecified atom stereocenters. The van der Waals surface area contributed by atoms with Gasteiger partial charge in [-0.25, -0.2) is 4.79 Å². The molecule has 0 aliphatic rings. The Kier molecular flexibility index (Phi) is 4.98. The number of hydrogen-bond donors (Lipinski definition) is 1. The van der Waals surface area contributed by atoms with E-state index in [1.807, 2.05) is 31.2 Å². The van der Waals surface area contributed by atoms with Gasteiger partial charge in [0.15, 0.2) is 0 Å². The van der Waals surface area contributed by atoms with Crippen molar-refractivity contribution in [2.24, 2.45) is 0 Å². The van der Waals surface area contributed by atoms with Gasteiger partial charge in [-0.15, -0.1) is 0 Å². The van der Waals surface area contributed by atoms with Gasteiger partial charge in [0.2, 0.25) is 0 Å². The molecule has 0 radical (unpaired) electrons. The maximum Gasteiger partial charge on any atom is 0.321 e. The normalized spacial score (nSPS) is 9.53. The second-order valence-electron chi connectivity index (χ2n) is 3.72. The molecule has 0 bridgehead atoms. The van der Waals surface area contributed by atoms with E-state index >= 15 is 0 Å². The molecule has 0 fully saturated rings. The van der Waals surface area contributed by atoms with E-state index in [1.54, 1.807) is 7.05 Å². The second kappa shape index (κ2) is 6.26. The molecule has 0 heterocycles. The molecule has 0 atom stereocenters. The van der Waals surface area contributed by atoms with Crippen LogP contribution < -0.4 is 5.32 Å². The van der Waals surface area contributed by atoms with Gasteiger partial charge in [-0.3, -0.25) is 0 Å². The van der Waals surface area contributed by atoms with Gasteiger partial charge in [-0.05, 0) is 30.7 Å². The average Bonchev–Trinajstić information content (AvgIpc) is 2.29. The first-order valence-electron chi connectivity index (χ1n) is 5.20. The molecule has 2 amide bonds. The van der Waals surface area contributed by atoms with Crippen LogP contribution in [0.1, 0.15) is 12.0 Å². The molecule has 0 aliphatic heterocycles. The van der Waals surface area contributed by atoms with Gasteiger partial charge in [0.25, 0.3) is 0 Å². The van der Waals surface area contributed by atoms with Gasteiger partial charge >= 0.3 is 6.03 Å². The van der Waals surface area contributed by atoms with Crippen LogP contribution in [0.2, 0.25) is 0 Å². The minimum Gasteiger partial charge on any atom is -0.327 e. The van der Waals surface area contributed by atoms with Crippen molar-refractivity contribution in [1.29, 1.82) is 5.26 Å². The van der Waals surface area contributed by atoms with Crippen LogP contribution in [0.15, 0.2) is 22.7 Å². The van der Waals surface area contributed by atoms with Gasteiger partial charge < -0.3 is 10.2 Å². The molecule has 0 aromatic heterocycles. The SMILES string of the molecule is Cc1cc(Br)ccc1NC(=O)N(C)CCC#N. The Bertz CT molecular complexity index is 454. The molecular formula is C12H14BrN3O. The van der Waals surface area contributed by atoms with Gasteiger partial charge in [0, 0.05) is 23.8 Å². The highest BCUT2D eigenvalue weighted by molar-refractivity contribution is 9.10. The molecule has 1 rings (SSSR count). The first-order valence-corrected chi connectivity index (χ1v) is 5.99. The predicted octanol–water partition coefficient (Wildman–Crippen LogP) is 3.13. The van der Waals surface area contributed by atoms with Crippen molar-refractivity contribution in [2.75, 3.05) is 18.9 Å². The lowest BCUT2D eigenvalue weighted by Crippen LogP contribution is -2.32. The summed E-state index contributed by atoms with van der Waals surface area (Å²) in [5, 5.41) is 11.3. The van der Waals surface area contributed by atoms with Gasteiger partial charge in [-0.1, -0.05) is 15.9 Å². The Balaban J connectivity index is 2.65. The third kappa shape index (κ3) is 4.08. The number of nitrogens with one attached hydrogen (secondary N) is 1. The molecule has 0 saturated carbocycles. The standard InChI is InChI=1S/C12H14BrN3O/c1-9-8-10(13)4-5-11(9)15-12(17)16(2)7-3-6-14/h4-5,8H,3,7H2,1-2H3,(H,15,17). The average molecular weight is 296 g/mol. The largest absolute Gasteiger partial charge is 0.327 e. The van der Waals surface area contributed by atoms with Gasteiger partial charge in [0.1, 0.15) is 0 Å². The summed E-state index contributed by atoms with van der Waals surface area (Å²) in [6.07, 6.45) is 0.337. The number of urea groups is 1. The molecule has 0 aliphatic carbocycles. The number of carbonyl (C=O) groups excluding carboxylic acids is 1. The van der Waals surface area contributed by atoms with Crippen LogP contribution in [0.4, 0.5) is 10.5 Å². The van der Waals surface area contributed by atoms with Crippen molar-refractivity contribution in [3.63, 3.8) is 0 Å². The lowest BCUT2D eigenvalue weighted by Gasteiger charge is -2.17. The monoisotopic (exact) mass is 295 g/mol. The Hall–Kier alpha value is -1.54. The van der Waals surface area contributed by atoms with Crippen molar-refractivity contribution in [3.8, 4) is 6.07 Å². The number of amides is 2. The molecular weight excluding hydrogens is 282 g/mol. The maximum absolute atomic E-state index is 11.7. The van der Waals surface area contributed by atoms with E-state index in [1.165, 1.54) is 4.90 Å². The first kappa shape index (κ1) is 13.5. The summed E-state index contributed by atoms with van der Waals surface area (Å²) in [4.78, 5) is 13.2. The number of halogens is 1. The molecule has 5 heteroatoms. The van der Waals surface area contributed by atoms with E-state index < -0.39 is 0 Å². The van der Waals surface area contributed by atoms with E-state index in [0.29, 0.717) is 13.0 Å². The third-order valence-corrected chi connectivity index (χ3v) is 2.83. The second-order valence-corrected chi connectivity index (χ2v) is 4.63. The minimum atomic E-state index is -0.203. The Morgan fingerprint density at radius 2 is 2.29 bits per heavy atom. The topological polar surface area (TPSA) is 56.1 Å². The molecule has 0 spiro atoms. The highest BCUT2D eigenvalue weighted by atomic mass is 79.9. The van der Waals surface area contributed by atoms with Crippen molar-refractivity contribution >= 4 is 27.6 Å². The number of carbonyl (C=O) groups is 1. The van der Waals surface area contributed by atoms with Crippen molar-refractivity contribution in [1.82, 2.24) is 4.90 Å². The van der Waals surface area contributed by atoms with Crippen molar-refractivity contribution in [2.45, 2.75) is 13.3 Å². The van der Waals surface area contributed by atoms with E-state index in [4.69, 9.17) is 5.26 Å². The van der Waals surface area contributed by atoms with E-state index in [9.17, 15) is 4.79 Å². The van der Waals surface area contributed by atoms with Gasteiger partial charge in [-0.2, -0.15) is 5.26 Å². The van der Waals surface area contributed by atoms with Crippen LogP contribution in [0.25, 0.3) is 0 Å². The number of nitriles is 1. The fourth-order valence-corrected chi connectivity index (χ4v) is 1.77. The summed E-state index contributed by atoms with van der Waals surface area (Å²) >= 11 is 3.37. The number of rotatable bonds is 3. The molecule has 1 aromatic carbocycles. The molecule has 0 saturated heterocycles. The highest BCUT2D eigenvalue weighted by Gasteiger charge is 2.09. The first-order chi connectivity index (χ1) is 8.04. The lowest BCUT2D eigenvalue weighted by molar-refractivity contribution is 0.223. The Morgan fingerprint density at radius 1 is 1.59 bits per heavy atom. The summed E-state index contributed by atoms with van der Waals surface area (Å²) < 4.78 is 0.978. The number of hydrogen-bond acceptors (Lipinski definition) is 2. The quantitative estimate of drug-likeness (QED) is 0.931. The Labute approximate surface area is 109 Å². The van der Waals surface area contributed by atoms with Crippen molar-refractivity contribution in [3.05, 3.63) is 28.2 Å². The zero-order valence-electron chi connectivity index (χ0n) is 9.83. The number of benzene rings is 1. The lowest BCUT2D eigenvalue weighted by atomic mass is 10.2. The van der Waals surface area contributed by atoms with Crippen LogP contribution in [0, 0.1) is 18.3 Å². The number of aryl methyl sites for hydroxylation is 1. The number of anilines is 1. The summed E-state index contributed by atoms with van der Waals surface area (Å²) in [7, 11) is 1.67. The zero-order chi connectivity index (χ0) is 12.8. The molecule has 90 valence electrons. The fourth-order valence-electron chi connectivity index (χ4n) is 1.30. The van der Waals surface area contributed by atoms with Crippen LogP contribution in [-0.2, 0) is 0 Å². The van der Waals surface area contributed by atoms with Crippen LogP contribution >= 0.6 is 15.9 Å². The van der Waals surface area contributed by atoms with Gasteiger partial charge in [0.05, 0.1) is 12.5 Å². The summed E-state index contributed by atoms with van der Waals surface area (Å²) in [6, 6.07) is 7.46. The molecule has 17 heavy (non-hydrogen) atoms. The van der Waals surface area contributed by atoms with E-state index in [-0.39, 0.29) is 6.03 Å². The minimum absolute atomic E-state index is 0.203. The zero-order valence-corrected chi connectivity index (χ0v) is 11.4. The summed E-state index contributed by atoms with van der Waals surface area (Å²) in [6.45, 7) is 2.35. The van der Waals surface area contributed by atoms with Crippen LogP contribution in [0.3, 0.4) is 0 Å². The Morgan fingerprint density at radius 3 is 2.88 bits per heavy atom. The molecule has 1 aromatic rings. The molecule has 4 nitrogen and oxygen atoms in total. The fraction of sp³-hybridized carbons (Fsp3) is 0.333. The van der Waals surface area contributed by atoms with E-state index in [2.05, 4.69) is 21.2 Å². The number of nitrogens with zero attached hydrogens (tertiary/aromatic N) is 2. The predicted molar refractivity (Wildman–Crippen MR) is 70.8 cm³/mol. The van der Waals surface area contributed by atoms with E-state index in [0.717, 1.165) is 15.7 Å². The maximum atomic E-state index is 11.7. The highest BCUT2D eigenvalue weighted by Crippen LogP contribution is 2.20. The van der Waals surface area contributed by atoms with Crippen LogP contribution in [0.5, 0.6) is 0 Å². The summed E-state index contributed by atoms with van der Waals surface area (Å²) in [5.41, 5.74) is 1.77. The summed E-state index contributed by atoms with van der Waals surface area (Å²) in [5.74, 6) is 0. The smallest absolute Gasteiger partial charge is 0.321 e. The van der Waals surface area contributed by atoms with Crippen molar-refractivity contribution < 1.29 is 4.79 Å².